The fourth-order valence-corrected chi connectivity index (χ4v) is 0.287. The van der Waals surface area contributed by atoms with Gasteiger partial charge in [-0.2, -0.15) is 12.6 Å². The molecule has 0 aliphatic heterocycles. The summed E-state index contributed by atoms with van der Waals surface area (Å²) < 4.78 is 11.0. The lowest BCUT2D eigenvalue weighted by molar-refractivity contribution is 0.716. The molecule has 0 fully saturated rings. The molecule has 0 bridgehead atoms. The number of hydrogen-bond donors (Lipinski definition) is 1. The van der Waals surface area contributed by atoms with Crippen molar-refractivity contribution in [3.05, 3.63) is 12.4 Å². The van der Waals surface area contributed by atoms with E-state index < -0.39 is 0 Å². The molecule has 0 aliphatic rings. The maximum atomic E-state index is 11.0. The lowest BCUT2D eigenvalue weighted by Crippen LogP contribution is -1.61. The third-order valence-corrected chi connectivity index (χ3v) is 0.643. The van der Waals surface area contributed by atoms with Crippen LogP contribution in [-0.2, 0) is 0 Å². The van der Waals surface area contributed by atoms with Crippen molar-refractivity contribution in [2.24, 2.45) is 0 Å². The molecule has 0 radical (unpaired) electrons. The molecule has 0 rings (SSSR count). The summed E-state index contributed by atoms with van der Waals surface area (Å²) in [6.07, 6.45) is 2.70. The highest BCUT2D eigenvalue weighted by molar-refractivity contribution is 7.80. The molecule has 0 unspecified atom stereocenters. The van der Waals surface area contributed by atoms with Crippen LogP contribution in [0.4, 0.5) is 4.39 Å². The molecule has 0 N–H and O–H groups in total. The number of hydrogen-bond acceptors (Lipinski definition) is 1. The van der Waals surface area contributed by atoms with E-state index in [2.05, 4.69) is 12.6 Å². The molecule has 0 heterocycles. The predicted molar refractivity (Wildman–Crippen MR) is 28.7 cm³/mol. The van der Waals surface area contributed by atoms with E-state index in [0.29, 0.717) is 6.33 Å². The molecule has 0 saturated carbocycles. The number of halogens is 1. The molecule has 0 spiro atoms. The average molecular weight is 106 g/mol. The lowest BCUT2D eigenvalue weighted by atomic mass is 10.5. The van der Waals surface area contributed by atoms with Gasteiger partial charge in [0.15, 0.2) is 0 Å². The molecule has 0 aromatic heterocycles. The van der Waals surface area contributed by atoms with Crippen molar-refractivity contribution in [2.45, 2.75) is 6.42 Å². The molecular weight excluding hydrogens is 99.1 g/mol. The van der Waals surface area contributed by atoms with Crippen LogP contribution in [-0.4, -0.2) is 5.75 Å². The fourth-order valence-electron chi connectivity index (χ4n) is 0.138. The van der Waals surface area contributed by atoms with Gasteiger partial charge < -0.3 is 0 Å². The molecule has 0 aromatic carbocycles. The van der Waals surface area contributed by atoms with Crippen LogP contribution in [0.25, 0.3) is 0 Å². The molecule has 6 heavy (non-hydrogen) atoms. The van der Waals surface area contributed by atoms with Crippen LogP contribution in [0.3, 0.4) is 0 Å². The molecule has 0 atom stereocenters. The zero-order chi connectivity index (χ0) is 4.83. The van der Waals surface area contributed by atoms with Crippen molar-refractivity contribution >= 4 is 12.6 Å². The first-order valence-corrected chi connectivity index (χ1v) is 2.41. The summed E-state index contributed by atoms with van der Waals surface area (Å²) in [4.78, 5) is 0. The van der Waals surface area contributed by atoms with Crippen LogP contribution in [0.1, 0.15) is 6.42 Å². The molecule has 0 aromatic rings. The predicted octanol–water partition coefficient (Wildman–Crippen LogP) is 1.79. The summed E-state index contributed by atoms with van der Waals surface area (Å²) >= 11 is 3.84. The van der Waals surface area contributed by atoms with E-state index in [9.17, 15) is 4.39 Å². The van der Waals surface area contributed by atoms with Crippen molar-refractivity contribution in [3.8, 4) is 0 Å². The number of thiol groups is 1. The minimum absolute atomic E-state index is 0.538. The monoisotopic (exact) mass is 106 g/mol. The first kappa shape index (κ1) is 6.02. The summed E-state index contributed by atoms with van der Waals surface area (Å²) in [6.45, 7) is 0. The van der Waals surface area contributed by atoms with Crippen LogP contribution < -0.4 is 0 Å². The van der Waals surface area contributed by atoms with E-state index in [4.69, 9.17) is 0 Å². The van der Waals surface area contributed by atoms with Crippen LogP contribution in [0.2, 0.25) is 0 Å². The second-order valence-corrected chi connectivity index (χ2v) is 1.32. The van der Waals surface area contributed by atoms with Crippen molar-refractivity contribution < 1.29 is 4.39 Å². The van der Waals surface area contributed by atoms with E-state index in [1.807, 2.05) is 0 Å². The normalized spacial score (nSPS) is 10.3. The third kappa shape index (κ3) is 4.02. The molecule has 0 saturated heterocycles. The highest BCUT2D eigenvalue weighted by Gasteiger charge is 1.67. The Hall–Kier alpha value is 0.0200. The maximum absolute atomic E-state index is 11.0. The van der Waals surface area contributed by atoms with Crippen molar-refractivity contribution in [3.63, 3.8) is 0 Å². The van der Waals surface area contributed by atoms with E-state index in [1.165, 1.54) is 6.08 Å². The number of allylic oxidation sites excluding steroid dienone is 1. The van der Waals surface area contributed by atoms with E-state index >= 15 is 0 Å². The van der Waals surface area contributed by atoms with Gasteiger partial charge in [0.1, 0.15) is 0 Å². The Balaban J connectivity index is 2.66. The third-order valence-electron chi connectivity index (χ3n) is 0.385. The van der Waals surface area contributed by atoms with Gasteiger partial charge in [0, 0.05) is 0 Å². The van der Waals surface area contributed by atoms with Crippen LogP contribution >= 0.6 is 12.6 Å². The summed E-state index contributed by atoms with van der Waals surface area (Å²) in [6, 6.07) is 0. The summed E-state index contributed by atoms with van der Waals surface area (Å²) in [5.74, 6) is 0.723. The van der Waals surface area contributed by atoms with Gasteiger partial charge in [-0.05, 0) is 12.2 Å². The van der Waals surface area contributed by atoms with E-state index in [-0.39, 0.29) is 0 Å². The molecular formula is C4H7FS. The summed E-state index contributed by atoms with van der Waals surface area (Å²) in [5, 5.41) is 0. The summed E-state index contributed by atoms with van der Waals surface area (Å²) in [7, 11) is 0. The molecule has 0 aliphatic carbocycles. The molecule has 2 heteroatoms. The van der Waals surface area contributed by atoms with E-state index in [0.717, 1.165) is 12.2 Å². The van der Waals surface area contributed by atoms with Gasteiger partial charge in [0.05, 0.1) is 6.33 Å². The van der Waals surface area contributed by atoms with Crippen molar-refractivity contribution in [2.75, 3.05) is 5.75 Å². The molecule has 0 amide bonds. The van der Waals surface area contributed by atoms with Gasteiger partial charge in [0.25, 0.3) is 0 Å². The Morgan fingerprint density at radius 3 is 2.50 bits per heavy atom. The van der Waals surface area contributed by atoms with Gasteiger partial charge in [0.2, 0.25) is 0 Å². The first-order valence-electron chi connectivity index (χ1n) is 1.78. The summed E-state index contributed by atoms with van der Waals surface area (Å²) in [5.41, 5.74) is 0. The largest absolute Gasteiger partial charge is 0.216 e. The minimum Gasteiger partial charge on any atom is -0.216 e. The molecule has 0 nitrogen and oxygen atoms in total. The van der Waals surface area contributed by atoms with Crippen LogP contribution in [0.5, 0.6) is 0 Å². The van der Waals surface area contributed by atoms with Gasteiger partial charge >= 0.3 is 0 Å². The average Bonchev–Trinajstić information content (AvgIpc) is 1.61. The first-order chi connectivity index (χ1) is 2.91. The van der Waals surface area contributed by atoms with Gasteiger partial charge in [-0.15, -0.1) is 0 Å². The zero-order valence-corrected chi connectivity index (χ0v) is 4.29. The van der Waals surface area contributed by atoms with Crippen LogP contribution in [0.15, 0.2) is 12.4 Å². The Labute approximate surface area is 42.5 Å². The second-order valence-electron chi connectivity index (χ2n) is 0.874. The van der Waals surface area contributed by atoms with E-state index in [1.54, 1.807) is 0 Å². The Bertz CT molecular complexity index is 42.8. The topological polar surface area (TPSA) is 0 Å². The Kier molecular flexibility index (Phi) is 5.04. The van der Waals surface area contributed by atoms with Gasteiger partial charge in [-0.3, -0.25) is 0 Å². The minimum atomic E-state index is 0.538. The van der Waals surface area contributed by atoms with Crippen LogP contribution in [0, 0.1) is 0 Å². The SMILES string of the molecule is F/C=C/CCS. The van der Waals surface area contributed by atoms with Gasteiger partial charge in [-0.25, -0.2) is 4.39 Å². The maximum Gasteiger partial charge on any atom is 0.0827 e. The zero-order valence-electron chi connectivity index (χ0n) is 3.39. The smallest absolute Gasteiger partial charge is 0.0827 e. The van der Waals surface area contributed by atoms with Crippen molar-refractivity contribution in [1.29, 1.82) is 0 Å². The quantitative estimate of drug-likeness (QED) is 0.510. The second kappa shape index (κ2) is 5.02. The fraction of sp³-hybridized carbons (Fsp3) is 0.500. The lowest BCUT2D eigenvalue weighted by Gasteiger charge is -1.74. The number of rotatable bonds is 2. The Morgan fingerprint density at radius 2 is 2.33 bits per heavy atom. The van der Waals surface area contributed by atoms with Crippen molar-refractivity contribution in [1.82, 2.24) is 0 Å². The standard InChI is InChI=1S/C4H7FS/c5-3-1-2-4-6/h1,3,6H,2,4H2/b3-1+. The van der Waals surface area contributed by atoms with Gasteiger partial charge in [-0.1, -0.05) is 6.08 Å². The highest BCUT2D eigenvalue weighted by Crippen LogP contribution is 1.84. The molecule has 36 valence electrons. The Morgan fingerprint density at radius 1 is 1.67 bits per heavy atom. The highest BCUT2D eigenvalue weighted by atomic mass is 32.1.